The molecule has 0 heterocycles. The predicted molar refractivity (Wildman–Crippen MR) is 133 cm³/mol. The molecule has 0 spiro atoms. The Morgan fingerprint density at radius 3 is 2.26 bits per heavy atom. The lowest BCUT2D eigenvalue weighted by Crippen LogP contribution is -2.14. The molecule has 150 valence electrons. The molecule has 1 atom stereocenters. The van der Waals surface area contributed by atoms with E-state index in [9.17, 15) is 0 Å². The van der Waals surface area contributed by atoms with Crippen LogP contribution in [0.25, 0.3) is 32.7 Å². The molecular formula is C30H25N. The maximum absolute atomic E-state index is 6.26. The molecule has 1 unspecified atom stereocenters. The lowest BCUT2D eigenvalue weighted by atomic mass is 9.76. The van der Waals surface area contributed by atoms with Gasteiger partial charge in [0.05, 0.1) is 0 Å². The van der Waals surface area contributed by atoms with Crippen molar-refractivity contribution in [3.05, 3.63) is 114 Å². The van der Waals surface area contributed by atoms with Crippen LogP contribution in [-0.2, 0) is 12.8 Å². The van der Waals surface area contributed by atoms with Crippen molar-refractivity contribution in [2.24, 2.45) is 0 Å². The largest absolute Gasteiger partial charge is 0.398 e. The van der Waals surface area contributed by atoms with Crippen molar-refractivity contribution in [2.75, 3.05) is 5.73 Å². The summed E-state index contributed by atoms with van der Waals surface area (Å²) in [6.45, 7) is 0. The Morgan fingerprint density at radius 2 is 1.35 bits per heavy atom. The summed E-state index contributed by atoms with van der Waals surface area (Å²) < 4.78 is 0. The maximum Gasteiger partial charge on any atom is 0.0393 e. The highest BCUT2D eigenvalue weighted by molar-refractivity contribution is 6.12. The molecule has 5 aromatic carbocycles. The fourth-order valence-corrected chi connectivity index (χ4v) is 5.46. The van der Waals surface area contributed by atoms with E-state index in [1.807, 2.05) is 6.07 Å². The molecule has 0 bridgehead atoms. The first-order chi connectivity index (χ1) is 15.3. The van der Waals surface area contributed by atoms with Gasteiger partial charge in [-0.05, 0) is 75.2 Å². The van der Waals surface area contributed by atoms with Gasteiger partial charge in [-0.15, -0.1) is 0 Å². The third-order valence-corrected chi connectivity index (χ3v) is 7.00. The highest BCUT2D eigenvalue weighted by Gasteiger charge is 2.24. The molecule has 6 rings (SSSR count). The summed E-state index contributed by atoms with van der Waals surface area (Å²) in [5.41, 5.74) is 14.3. The summed E-state index contributed by atoms with van der Waals surface area (Å²) >= 11 is 0. The first-order valence-corrected chi connectivity index (χ1v) is 11.2. The maximum atomic E-state index is 6.26. The van der Waals surface area contributed by atoms with Gasteiger partial charge in [-0.3, -0.25) is 0 Å². The zero-order valence-corrected chi connectivity index (χ0v) is 17.5. The van der Waals surface area contributed by atoms with E-state index >= 15 is 0 Å². The molecule has 0 aliphatic heterocycles. The van der Waals surface area contributed by atoms with E-state index in [1.54, 1.807) is 0 Å². The molecule has 0 radical (unpaired) electrons. The minimum Gasteiger partial charge on any atom is -0.398 e. The van der Waals surface area contributed by atoms with E-state index in [-0.39, 0.29) is 0 Å². The van der Waals surface area contributed by atoms with Crippen molar-refractivity contribution >= 4 is 27.2 Å². The van der Waals surface area contributed by atoms with Crippen molar-refractivity contribution in [3.63, 3.8) is 0 Å². The van der Waals surface area contributed by atoms with Crippen molar-refractivity contribution in [3.8, 4) is 11.1 Å². The highest BCUT2D eigenvalue weighted by atomic mass is 14.5. The molecule has 1 heteroatoms. The summed E-state index contributed by atoms with van der Waals surface area (Å²) in [7, 11) is 0. The third-order valence-electron chi connectivity index (χ3n) is 7.00. The van der Waals surface area contributed by atoms with Gasteiger partial charge in [-0.2, -0.15) is 0 Å². The molecule has 31 heavy (non-hydrogen) atoms. The van der Waals surface area contributed by atoms with Crippen LogP contribution in [0.3, 0.4) is 0 Å². The second kappa shape index (κ2) is 7.28. The average Bonchev–Trinajstić information content (AvgIpc) is 2.84. The van der Waals surface area contributed by atoms with E-state index in [1.165, 1.54) is 50.4 Å². The molecule has 0 saturated carbocycles. The number of aryl methyl sites for hydroxylation is 1. The molecular weight excluding hydrogens is 374 g/mol. The van der Waals surface area contributed by atoms with Gasteiger partial charge < -0.3 is 5.73 Å². The fraction of sp³-hybridized carbons (Fsp3) is 0.133. The Kier molecular flexibility index (Phi) is 4.28. The lowest BCUT2D eigenvalue weighted by Gasteiger charge is -2.28. The summed E-state index contributed by atoms with van der Waals surface area (Å²) in [6.07, 6.45) is 3.42. The SMILES string of the molecule is Nc1cccc2c1ccc1c3c(ccc12)CCC(c1ccccc1-c1ccccc1)C3. The molecule has 0 fully saturated rings. The van der Waals surface area contributed by atoms with Crippen LogP contribution >= 0.6 is 0 Å². The Morgan fingerprint density at radius 1 is 0.613 bits per heavy atom. The summed E-state index contributed by atoms with van der Waals surface area (Å²) in [5, 5.41) is 5.11. The van der Waals surface area contributed by atoms with Crippen molar-refractivity contribution in [2.45, 2.75) is 25.2 Å². The van der Waals surface area contributed by atoms with E-state index in [0.29, 0.717) is 5.92 Å². The Labute approximate surface area is 183 Å². The highest BCUT2D eigenvalue weighted by Crippen LogP contribution is 2.41. The van der Waals surface area contributed by atoms with E-state index < -0.39 is 0 Å². The van der Waals surface area contributed by atoms with Crippen LogP contribution in [0.2, 0.25) is 0 Å². The van der Waals surface area contributed by atoms with Gasteiger partial charge in [0, 0.05) is 11.1 Å². The summed E-state index contributed by atoms with van der Waals surface area (Å²) in [6, 6.07) is 35.2. The van der Waals surface area contributed by atoms with Crippen LogP contribution < -0.4 is 5.73 Å². The number of nitrogen functional groups attached to an aromatic ring is 1. The average molecular weight is 400 g/mol. The molecule has 5 aromatic rings. The minimum atomic E-state index is 0.533. The first-order valence-electron chi connectivity index (χ1n) is 11.2. The smallest absolute Gasteiger partial charge is 0.0393 e. The second-order valence-corrected chi connectivity index (χ2v) is 8.70. The third kappa shape index (κ3) is 3.00. The predicted octanol–water partition coefficient (Wildman–Crippen LogP) is 7.51. The Balaban J connectivity index is 1.48. The van der Waals surface area contributed by atoms with E-state index in [2.05, 4.69) is 91.0 Å². The number of fused-ring (bicyclic) bond motifs is 5. The van der Waals surface area contributed by atoms with Gasteiger partial charge in [0.15, 0.2) is 0 Å². The molecule has 1 aliphatic rings. The monoisotopic (exact) mass is 399 g/mol. The molecule has 1 aliphatic carbocycles. The molecule has 0 saturated heterocycles. The van der Waals surface area contributed by atoms with E-state index in [4.69, 9.17) is 5.73 Å². The van der Waals surface area contributed by atoms with Crippen LogP contribution in [0.4, 0.5) is 5.69 Å². The van der Waals surface area contributed by atoms with Gasteiger partial charge in [0.25, 0.3) is 0 Å². The molecule has 0 amide bonds. The zero-order valence-electron chi connectivity index (χ0n) is 17.5. The van der Waals surface area contributed by atoms with Crippen LogP contribution in [0.1, 0.15) is 29.0 Å². The molecule has 2 N–H and O–H groups in total. The van der Waals surface area contributed by atoms with Crippen LogP contribution in [-0.4, -0.2) is 0 Å². The second-order valence-electron chi connectivity index (χ2n) is 8.70. The standard InChI is InChI=1S/C30H25N/c31-30-12-6-11-25-26-16-15-21-13-14-22(19-29(21)27(26)17-18-28(25)30)24-10-5-4-9-23(24)20-7-2-1-3-8-20/h1-12,15-18,22H,13-14,19,31H2. The van der Waals surface area contributed by atoms with Crippen LogP contribution in [0.15, 0.2) is 97.1 Å². The van der Waals surface area contributed by atoms with Gasteiger partial charge in [-0.1, -0.05) is 91.0 Å². The number of hydrogen-bond donors (Lipinski definition) is 1. The number of hydrogen-bond acceptors (Lipinski definition) is 1. The topological polar surface area (TPSA) is 26.0 Å². The Bertz CT molecular complexity index is 1420. The number of rotatable bonds is 2. The number of benzene rings is 5. The quantitative estimate of drug-likeness (QED) is 0.241. The van der Waals surface area contributed by atoms with Gasteiger partial charge in [0.1, 0.15) is 0 Å². The normalized spacial score (nSPS) is 15.8. The fourth-order valence-electron chi connectivity index (χ4n) is 5.46. The number of nitrogens with two attached hydrogens (primary N) is 1. The number of anilines is 1. The summed E-state index contributed by atoms with van der Waals surface area (Å²) in [4.78, 5) is 0. The minimum absolute atomic E-state index is 0.533. The Hall–Kier alpha value is -3.58. The molecule has 1 nitrogen and oxygen atoms in total. The van der Waals surface area contributed by atoms with Crippen LogP contribution in [0.5, 0.6) is 0 Å². The van der Waals surface area contributed by atoms with Crippen molar-refractivity contribution in [1.29, 1.82) is 0 Å². The van der Waals surface area contributed by atoms with Crippen molar-refractivity contribution in [1.82, 2.24) is 0 Å². The first kappa shape index (κ1) is 18.2. The van der Waals surface area contributed by atoms with Gasteiger partial charge in [0.2, 0.25) is 0 Å². The van der Waals surface area contributed by atoms with E-state index in [0.717, 1.165) is 23.9 Å². The van der Waals surface area contributed by atoms with Crippen molar-refractivity contribution < 1.29 is 0 Å². The van der Waals surface area contributed by atoms with Gasteiger partial charge in [-0.25, -0.2) is 0 Å². The zero-order chi connectivity index (χ0) is 20.8. The summed E-state index contributed by atoms with van der Waals surface area (Å²) in [5.74, 6) is 0.533. The van der Waals surface area contributed by atoms with Crippen LogP contribution in [0, 0.1) is 0 Å². The molecule has 0 aromatic heterocycles. The lowest BCUT2D eigenvalue weighted by molar-refractivity contribution is 0.589. The van der Waals surface area contributed by atoms with Gasteiger partial charge >= 0.3 is 0 Å².